The van der Waals surface area contributed by atoms with Crippen LogP contribution in [-0.4, -0.2) is 17.1 Å². The molecular formula is C13H21N3. The molecule has 0 aliphatic heterocycles. The van der Waals surface area contributed by atoms with Crippen LogP contribution in [-0.2, 0) is 0 Å². The third-order valence-electron chi connectivity index (χ3n) is 3.54. The Kier molecular flexibility index (Phi) is 3.44. The van der Waals surface area contributed by atoms with Gasteiger partial charge in [-0.05, 0) is 30.9 Å². The lowest BCUT2D eigenvalue weighted by Gasteiger charge is -2.40. The first-order valence-corrected chi connectivity index (χ1v) is 6.13. The quantitative estimate of drug-likeness (QED) is 0.820. The van der Waals surface area contributed by atoms with Gasteiger partial charge in [0.1, 0.15) is 5.82 Å². The van der Waals surface area contributed by atoms with Crippen LogP contribution in [0, 0.1) is 5.92 Å². The van der Waals surface area contributed by atoms with Crippen molar-refractivity contribution >= 4 is 5.82 Å². The van der Waals surface area contributed by atoms with Crippen molar-refractivity contribution in [1.29, 1.82) is 0 Å². The van der Waals surface area contributed by atoms with Gasteiger partial charge in [-0.15, -0.1) is 0 Å². The molecule has 2 unspecified atom stereocenters. The van der Waals surface area contributed by atoms with Gasteiger partial charge in [0.25, 0.3) is 0 Å². The molecule has 3 nitrogen and oxygen atoms in total. The van der Waals surface area contributed by atoms with E-state index in [0.717, 1.165) is 24.6 Å². The molecule has 1 heterocycles. The van der Waals surface area contributed by atoms with Gasteiger partial charge in [-0.1, -0.05) is 25.8 Å². The summed E-state index contributed by atoms with van der Waals surface area (Å²) in [4.78, 5) is 4.32. The smallest absolute Gasteiger partial charge is 0.126 e. The first kappa shape index (κ1) is 11.4. The molecule has 0 aromatic carbocycles. The van der Waals surface area contributed by atoms with Gasteiger partial charge in [0.15, 0.2) is 0 Å². The molecule has 0 amide bonds. The highest BCUT2D eigenvalue weighted by Crippen LogP contribution is 2.33. The van der Waals surface area contributed by atoms with Gasteiger partial charge in [-0.3, -0.25) is 0 Å². The van der Waals surface area contributed by atoms with Crippen molar-refractivity contribution in [2.45, 2.75) is 38.1 Å². The van der Waals surface area contributed by atoms with E-state index < -0.39 is 0 Å². The second kappa shape index (κ2) is 4.83. The Bertz CT molecular complexity index is 325. The van der Waals surface area contributed by atoms with Crippen LogP contribution < -0.4 is 11.1 Å². The van der Waals surface area contributed by atoms with Crippen LogP contribution in [0.25, 0.3) is 0 Å². The van der Waals surface area contributed by atoms with Gasteiger partial charge in [0.05, 0.1) is 5.54 Å². The topological polar surface area (TPSA) is 50.9 Å². The van der Waals surface area contributed by atoms with Gasteiger partial charge in [-0.2, -0.15) is 0 Å². The van der Waals surface area contributed by atoms with Crippen LogP contribution in [0.1, 0.15) is 32.6 Å². The predicted molar refractivity (Wildman–Crippen MR) is 67.3 cm³/mol. The molecule has 3 heteroatoms. The summed E-state index contributed by atoms with van der Waals surface area (Å²) < 4.78 is 0. The third-order valence-corrected chi connectivity index (χ3v) is 3.54. The maximum Gasteiger partial charge on any atom is 0.126 e. The highest BCUT2D eigenvalue weighted by molar-refractivity contribution is 5.37. The van der Waals surface area contributed by atoms with Crippen molar-refractivity contribution in [3.8, 4) is 0 Å². The maximum atomic E-state index is 5.96. The first-order valence-electron chi connectivity index (χ1n) is 6.13. The summed E-state index contributed by atoms with van der Waals surface area (Å²) >= 11 is 0. The Morgan fingerprint density at radius 1 is 1.56 bits per heavy atom. The van der Waals surface area contributed by atoms with E-state index in [-0.39, 0.29) is 5.54 Å². The second-order valence-corrected chi connectivity index (χ2v) is 5.03. The van der Waals surface area contributed by atoms with Crippen LogP contribution in [0.5, 0.6) is 0 Å². The molecule has 88 valence electrons. The summed E-state index contributed by atoms with van der Waals surface area (Å²) in [6.45, 7) is 3.00. The molecular weight excluding hydrogens is 198 g/mol. The Labute approximate surface area is 97.5 Å². The van der Waals surface area contributed by atoms with Crippen molar-refractivity contribution in [3.05, 3.63) is 24.4 Å². The van der Waals surface area contributed by atoms with E-state index in [1.807, 2.05) is 24.4 Å². The van der Waals surface area contributed by atoms with Crippen molar-refractivity contribution < 1.29 is 0 Å². The molecule has 0 bridgehead atoms. The van der Waals surface area contributed by atoms with Crippen molar-refractivity contribution in [3.63, 3.8) is 0 Å². The van der Waals surface area contributed by atoms with E-state index in [2.05, 4.69) is 17.2 Å². The van der Waals surface area contributed by atoms with Crippen LogP contribution in [0.4, 0.5) is 5.82 Å². The molecule has 1 aromatic heterocycles. The van der Waals surface area contributed by atoms with Gasteiger partial charge >= 0.3 is 0 Å². The largest absolute Gasteiger partial charge is 0.363 e. The fourth-order valence-electron chi connectivity index (χ4n) is 2.72. The molecule has 1 aliphatic carbocycles. The van der Waals surface area contributed by atoms with E-state index >= 15 is 0 Å². The fourth-order valence-corrected chi connectivity index (χ4v) is 2.72. The molecule has 2 atom stereocenters. The van der Waals surface area contributed by atoms with Crippen molar-refractivity contribution in [2.24, 2.45) is 11.7 Å². The molecule has 3 N–H and O–H groups in total. The highest BCUT2D eigenvalue weighted by Gasteiger charge is 2.33. The molecule has 0 spiro atoms. The molecule has 1 aliphatic rings. The number of pyridine rings is 1. The number of rotatable bonds is 3. The second-order valence-electron chi connectivity index (χ2n) is 5.03. The Hall–Kier alpha value is -1.09. The lowest BCUT2D eigenvalue weighted by molar-refractivity contribution is 0.263. The number of anilines is 1. The van der Waals surface area contributed by atoms with Crippen LogP contribution in [0.15, 0.2) is 24.4 Å². The first-order chi connectivity index (χ1) is 7.74. The van der Waals surface area contributed by atoms with Crippen LogP contribution in [0.3, 0.4) is 0 Å². The number of hydrogen-bond donors (Lipinski definition) is 2. The Morgan fingerprint density at radius 2 is 2.44 bits per heavy atom. The van der Waals surface area contributed by atoms with E-state index in [1.54, 1.807) is 0 Å². The fraction of sp³-hybridized carbons (Fsp3) is 0.615. The molecule has 0 saturated heterocycles. The summed E-state index contributed by atoms with van der Waals surface area (Å²) in [5.41, 5.74) is 6.02. The van der Waals surface area contributed by atoms with E-state index in [4.69, 9.17) is 5.73 Å². The summed E-state index contributed by atoms with van der Waals surface area (Å²) in [6, 6.07) is 5.95. The van der Waals surface area contributed by atoms with Gasteiger partial charge in [0, 0.05) is 12.7 Å². The minimum Gasteiger partial charge on any atom is -0.363 e. The SMILES string of the molecule is CC1CCCC(CN)(Nc2ccccn2)C1. The highest BCUT2D eigenvalue weighted by atomic mass is 15.1. The average Bonchev–Trinajstić information content (AvgIpc) is 2.30. The number of nitrogens with one attached hydrogen (secondary N) is 1. The summed E-state index contributed by atoms with van der Waals surface area (Å²) in [5.74, 6) is 1.70. The minimum absolute atomic E-state index is 0.0615. The zero-order valence-electron chi connectivity index (χ0n) is 9.95. The van der Waals surface area contributed by atoms with Gasteiger partial charge in [-0.25, -0.2) is 4.98 Å². The van der Waals surface area contributed by atoms with Gasteiger partial charge < -0.3 is 11.1 Å². The maximum absolute atomic E-state index is 5.96. The van der Waals surface area contributed by atoms with Crippen molar-refractivity contribution in [1.82, 2.24) is 4.98 Å². The number of aromatic nitrogens is 1. The number of nitrogens with zero attached hydrogens (tertiary/aromatic N) is 1. The molecule has 2 rings (SSSR count). The normalized spacial score (nSPS) is 30.0. The summed E-state index contributed by atoms with van der Waals surface area (Å²) in [5, 5.41) is 3.54. The average molecular weight is 219 g/mol. The summed E-state index contributed by atoms with van der Waals surface area (Å²) in [6.07, 6.45) is 6.72. The van der Waals surface area contributed by atoms with Crippen LogP contribution >= 0.6 is 0 Å². The summed E-state index contributed by atoms with van der Waals surface area (Å²) in [7, 11) is 0. The van der Waals surface area contributed by atoms with Crippen molar-refractivity contribution in [2.75, 3.05) is 11.9 Å². The Balaban J connectivity index is 2.10. The number of hydrogen-bond acceptors (Lipinski definition) is 3. The molecule has 1 fully saturated rings. The molecule has 1 saturated carbocycles. The Morgan fingerprint density at radius 3 is 3.06 bits per heavy atom. The lowest BCUT2D eigenvalue weighted by atomic mass is 9.76. The van der Waals surface area contributed by atoms with E-state index in [9.17, 15) is 0 Å². The van der Waals surface area contributed by atoms with E-state index in [1.165, 1.54) is 12.8 Å². The molecule has 0 radical (unpaired) electrons. The van der Waals surface area contributed by atoms with Gasteiger partial charge in [0.2, 0.25) is 0 Å². The molecule has 16 heavy (non-hydrogen) atoms. The zero-order valence-corrected chi connectivity index (χ0v) is 9.95. The number of nitrogens with two attached hydrogens (primary N) is 1. The van der Waals surface area contributed by atoms with E-state index in [0.29, 0.717) is 6.54 Å². The minimum atomic E-state index is 0.0615. The lowest BCUT2D eigenvalue weighted by Crippen LogP contribution is -2.48. The predicted octanol–water partition coefficient (Wildman–Crippen LogP) is 2.40. The zero-order chi connectivity index (χ0) is 11.4. The monoisotopic (exact) mass is 219 g/mol. The standard InChI is InChI=1S/C13H21N3/c1-11-5-4-7-13(9-11,10-14)16-12-6-2-3-8-15-12/h2-3,6,8,11H,4-5,7,9-10,14H2,1H3,(H,15,16). The molecule has 1 aromatic rings. The third kappa shape index (κ3) is 2.53. The van der Waals surface area contributed by atoms with Crippen LogP contribution in [0.2, 0.25) is 0 Å².